The molecule has 172 valence electrons. The molecule has 9 heteroatoms. The van der Waals surface area contributed by atoms with Crippen LogP contribution in [-0.4, -0.2) is 36.8 Å². The van der Waals surface area contributed by atoms with Gasteiger partial charge in [0.2, 0.25) is 0 Å². The Morgan fingerprint density at radius 1 is 1.30 bits per heavy atom. The third-order valence-corrected chi connectivity index (χ3v) is 5.63. The predicted octanol–water partition coefficient (Wildman–Crippen LogP) is 3.26. The highest BCUT2D eigenvalue weighted by Gasteiger charge is 2.26. The van der Waals surface area contributed by atoms with Gasteiger partial charge in [0.25, 0.3) is 0 Å². The average Bonchev–Trinajstić information content (AvgIpc) is 3.40. The van der Waals surface area contributed by atoms with E-state index in [2.05, 4.69) is 15.8 Å². The Morgan fingerprint density at radius 3 is 2.76 bits per heavy atom. The number of allylic oxidation sites excluding steroid dienone is 5. The van der Waals surface area contributed by atoms with E-state index >= 15 is 0 Å². The lowest BCUT2D eigenvalue weighted by atomic mass is 10.0. The SMILES string of the molecule is CN/N=C(/N)c1c(C2=CCC=C(Oc3c(F)cccc3F)C=C2)cn(C2CCNC2)c1C=O. The highest BCUT2D eigenvalue weighted by atomic mass is 19.1. The van der Waals surface area contributed by atoms with Crippen LogP contribution in [0.5, 0.6) is 5.75 Å². The number of benzene rings is 1. The first-order chi connectivity index (χ1) is 16.0. The zero-order valence-electron chi connectivity index (χ0n) is 18.1. The van der Waals surface area contributed by atoms with E-state index in [1.807, 2.05) is 16.8 Å². The molecule has 7 nitrogen and oxygen atoms in total. The van der Waals surface area contributed by atoms with Gasteiger partial charge in [-0.1, -0.05) is 18.2 Å². The molecule has 0 radical (unpaired) electrons. The Labute approximate surface area is 190 Å². The maximum Gasteiger partial charge on any atom is 0.198 e. The van der Waals surface area contributed by atoms with Crippen LogP contribution in [0, 0.1) is 11.6 Å². The zero-order valence-corrected chi connectivity index (χ0v) is 18.1. The number of carbonyl (C=O) groups excluding carboxylic acids is 1. The highest BCUT2D eigenvalue weighted by Crippen LogP contribution is 2.32. The molecule has 2 aliphatic rings. The topological polar surface area (TPSA) is 93.7 Å². The second kappa shape index (κ2) is 9.83. The molecule has 2 heterocycles. The van der Waals surface area contributed by atoms with Crippen molar-refractivity contribution in [2.45, 2.75) is 18.9 Å². The predicted molar refractivity (Wildman–Crippen MR) is 123 cm³/mol. The van der Waals surface area contributed by atoms with Crippen molar-refractivity contribution in [3.8, 4) is 5.75 Å². The van der Waals surface area contributed by atoms with Gasteiger partial charge in [-0.2, -0.15) is 5.10 Å². The number of carbonyl (C=O) groups is 1. The number of aromatic nitrogens is 1. The molecule has 0 saturated carbocycles. The van der Waals surface area contributed by atoms with Crippen LogP contribution < -0.4 is 21.2 Å². The number of rotatable bonds is 7. The normalized spacial score (nSPS) is 18.5. The van der Waals surface area contributed by atoms with Crippen molar-refractivity contribution in [1.29, 1.82) is 0 Å². The molecular weight excluding hydrogens is 428 g/mol. The van der Waals surface area contributed by atoms with Crippen LogP contribution >= 0.6 is 0 Å². The number of nitrogens with zero attached hydrogens (tertiary/aromatic N) is 2. The Bertz CT molecular complexity index is 1150. The number of aldehydes is 1. The second-order valence-corrected chi connectivity index (χ2v) is 7.68. The summed E-state index contributed by atoms with van der Waals surface area (Å²) in [6.45, 7) is 1.62. The van der Waals surface area contributed by atoms with E-state index in [0.717, 1.165) is 49.1 Å². The standard InChI is InChI=1S/C24H25F2N5O2/c1-28-30-24(27)22-18(13-31(21(22)14-32)16-10-11-29-12-16)15-4-2-5-17(9-8-15)33-23-19(25)6-3-7-20(23)26/h3-9,13-14,16,28-29H,2,10-12H2,1H3,(H2,27,30). The van der Waals surface area contributed by atoms with Gasteiger partial charge in [-0.15, -0.1) is 0 Å². The molecule has 1 aliphatic carbocycles. The number of ether oxygens (including phenoxy) is 1. The molecule has 33 heavy (non-hydrogen) atoms. The van der Waals surface area contributed by atoms with E-state index < -0.39 is 17.4 Å². The maximum atomic E-state index is 14.0. The number of halogens is 2. The van der Waals surface area contributed by atoms with Gasteiger partial charge in [-0.25, -0.2) is 8.78 Å². The van der Waals surface area contributed by atoms with E-state index in [9.17, 15) is 13.6 Å². The molecule has 4 N–H and O–H groups in total. The first-order valence-electron chi connectivity index (χ1n) is 10.6. The van der Waals surface area contributed by atoms with Gasteiger partial charge in [0.15, 0.2) is 29.5 Å². The van der Waals surface area contributed by atoms with Gasteiger partial charge in [-0.3, -0.25) is 4.79 Å². The molecule has 0 spiro atoms. The van der Waals surface area contributed by atoms with Crippen molar-refractivity contribution < 1.29 is 18.3 Å². The Morgan fingerprint density at radius 2 is 2.09 bits per heavy atom. The van der Waals surface area contributed by atoms with Crippen molar-refractivity contribution in [3.63, 3.8) is 0 Å². The van der Waals surface area contributed by atoms with Crippen molar-refractivity contribution in [3.05, 3.63) is 82.9 Å². The molecule has 2 aromatic rings. The summed E-state index contributed by atoms with van der Waals surface area (Å²) in [6, 6.07) is 3.68. The van der Waals surface area contributed by atoms with Crippen LogP contribution in [-0.2, 0) is 0 Å². The van der Waals surface area contributed by atoms with Crippen LogP contribution in [0.3, 0.4) is 0 Å². The summed E-state index contributed by atoms with van der Waals surface area (Å²) in [5.74, 6) is -1.52. The monoisotopic (exact) mass is 453 g/mol. The van der Waals surface area contributed by atoms with Gasteiger partial charge >= 0.3 is 0 Å². The Balaban J connectivity index is 1.70. The van der Waals surface area contributed by atoms with Crippen molar-refractivity contribution in [1.82, 2.24) is 15.3 Å². The molecule has 1 saturated heterocycles. The van der Waals surface area contributed by atoms with Crippen molar-refractivity contribution in [2.24, 2.45) is 10.8 Å². The van der Waals surface area contributed by atoms with Crippen molar-refractivity contribution in [2.75, 3.05) is 20.1 Å². The molecule has 0 amide bonds. The second-order valence-electron chi connectivity index (χ2n) is 7.68. The number of hydrazone groups is 1. The Hall–Kier alpha value is -3.72. The number of nitrogens with two attached hydrogens (primary N) is 1. The van der Waals surface area contributed by atoms with E-state index in [0.29, 0.717) is 23.4 Å². The average molecular weight is 453 g/mol. The molecule has 1 atom stereocenters. The minimum Gasteiger partial charge on any atom is -0.452 e. The number of amidine groups is 1. The molecular formula is C24H25F2N5O2. The summed E-state index contributed by atoms with van der Waals surface area (Å²) in [7, 11) is 1.63. The first-order valence-corrected chi connectivity index (χ1v) is 10.6. The van der Waals surface area contributed by atoms with Crippen molar-refractivity contribution >= 4 is 17.7 Å². The first kappa shape index (κ1) is 22.5. The Kier molecular flexibility index (Phi) is 6.69. The summed E-state index contributed by atoms with van der Waals surface area (Å²) in [6.07, 6.45) is 11.1. The smallest absolute Gasteiger partial charge is 0.198 e. The molecule has 4 rings (SSSR count). The van der Waals surface area contributed by atoms with Gasteiger partial charge < -0.3 is 25.8 Å². The lowest BCUT2D eigenvalue weighted by molar-refractivity contribution is 0.111. The number of hydrogen-bond donors (Lipinski definition) is 3. The summed E-state index contributed by atoms with van der Waals surface area (Å²) in [4.78, 5) is 12.1. The van der Waals surface area contributed by atoms with E-state index in [1.54, 1.807) is 25.3 Å². The highest BCUT2D eigenvalue weighted by molar-refractivity contribution is 6.08. The number of para-hydroxylation sites is 1. The van der Waals surface area contributed by atoms with E-state index in [4.69, 9.17) is 10.5 Å². The molecule has 1 fully saturated rings. The maximum absolute atomic E-state index is 14.0. The fourth-order valence-corrected chi connectivity index (χ4v) is 4.09. The van der Waals surface area contributed by atoms with Gasteiger partial charge in [0.1, 0.15) is 5.76 Å². The van der Waals surface area contributed by atoms with Crippen LogP contribution in [0.25, 0.3) is 5.57 Å². The number of nitrogens with one attached hydrogen (secondary N) is 2. The van der Waals surface area contributed by atoms with E-state index in [1.165, 1.54) is 6.07 Å². The minimum atomic E-state index is -0.780. The number of hydrogen-bond acceptors (Lipinski definition) is 5. The third kappa shape index (κ3) is 4.58. The molecule has 1 aliphatic heterocycles. The van der Waals surface area contributed by atoms with Crippen LogP contribution in [0.2, 0.25) is 0 Å². The van der Waals surface area contributed by atoms with E-state index in [-0.39, 0.29) is 11.9 Å². The quantitative estimate of drug-likeness (QED) is 0.259. The van der Waals surface area contributed by atoms with Crippen LogP contribution in [0.4, 0.5) is 8.78 Å². The van der Waals surface area contributed by atoms with Gasteiger partial charge in [-0.05, 0) is 49.2 Å². The summed E-state index contributed by atoms with van der Waals surface area (Å²) < 4.78 is 35.4. The van der Waals surface area contributed by atoms with Gasteiger partial charge in [0.05, 0.1) is 11.3 Å². The summed E-state index contributed by atoms with van der Waals surface area (Å²) in [5, 5.41) is 7.40. The fraction of sp³-hybridized carbons (Fsp3) is 0.250. The van der Waals surface area contributed by atoms with Crippen LogP contribution in [0.15, 0.2) is 59.6 Å². The molecule has 1 unspecified atom stereocenters. The summed E-state index contributed by atoms with van der Waals surface area (Å²) in [5.41, 5.74) is 11.4. The molecule has 0 bridgehead atoms. The molecule has 1 aromatic carbocycles. The van der Waals surface area contributed by atoms with Gasteiger partial charge in [0, 0.05) is 31.4 Å². The summed E-state index contributed by atoms with van der Waals surface area (Å²) >= 11 is 0. The third-order valence-electron chi connectivity index (χ3n) is 5.63. The minimum absolute atomic E-state index is 0.122. The lowest BCUT2D eigenvalue weighted by Gasteiger charge is -2.13. The lowest BCUT2D eigenvalue weighted by Crippen LogP contribution is -2.21. The van der Waals surface area contributed by atoms with Crippen LogP contribution in [0.1, 0.15) is 40.5 Å². The zero-order chi connectivity index (χ0) is 23.4. The largest absolute Gasteiger partial charge is 0.452 e. The fourth-order valence-electron chi connectivity index (χ4n) is 4.09. The molecule has 1 aromatic heterocycles.